The number of nitrogens with one attached hydrogen (secondary N) is 1. The summed E-state index contributed by atoms with van der Waals surface area (Å²) < 4.78 is 35.1. The van der Waals surface area contributed by atoms with E-state index in [9.17, 15) is 23.4 Å². The molecule has 1 fully saturated rings. The third kappa shape index (κ3) is 4.32. The van der Waals surface area contributed by atoms with Crippen molar-refractivity contribution >= 4 is 27.4 Å². The number of amides is 1. The van der Waals surface area contributed by atoms with Crippen molar-refractivity contribution in [3.8, 4) is 22.6 Å². The first-order chi connectivity index (χ1) is 15.8. The third-order valence-corrected chi connectivity index (χ3v) is 7.75. The summed E-state index contributed by atoms with van der Waals surface area (Å²) in [5.41, 5.74) is 3.60. The lowest BCUT2D eigenvalue weighted by Gasteiger charge is -2.26. The van der Waals surface area contributed by atoms with E-state index in [1.165, 1.54) is 12.1 Å². The van der Waals surface area contributed by atoms with Gasteiger partial charge in [-0.2, -0.15) is 10.6 Å². The Morgan fingerprint density at radius 2 is 1.85 bits per heavy atom. The van der Waals surface area contributed by atoms with Crippen LogP contribution in [0.15, 0.2) is 72.9 Å². The van der Waals surface area contributed by atoms with E-state index in [0.29, 0.717) is 17.7 Å². The van der Waals surface area contributed by atoms with Crippen molar-refractivity contribution < 1.29 is 23.4 Å². The normalized spacial score (nSPS) is 18.3. The van der Waals surface area contributed by atoms with E-state index in [1.807, 2.05) is 22.9 Å². The maximum Gasteiger partial charge on any atom is 0.251 e. The van der Waals surface area contributed by atoms with Gasteiger partial charge in [0.05, 0.1) is 11.3 Å². The lowest BCUT2D eigenvalue weighted by Crippen LogP contribution is -2.35. The van der Waals surface area contributed by atoms with Gasteiger partial charge in [-0.25, -0.2) is 4.39 Å². The zero-order valence-corrected chi connectivity index (χ0v) is 18.4. The summed E-state index contributed by atoms with van der Waals surface area (Å²) in [6.07, 6.45) is 2.44. The molecule has 3 aromatic carbocycles. The molecule has 1 aliphatic rings. The number of hydrogen-bond acceptors (Lipinski definition) is 4. The van der Waals surface area contributed by atoms with Gasteiger partial charge in [-0.1, -0.05) is 18.2 Å². The number of halogens is 1. The molecule has 1 aromatic heterocycles. The fraction of sp³-hybridized carbons (Fsp3) is 0.160. The minimum Gasteiger partial charge on any atom is -0.508 e. The molecule has 0 spiro atoms. The Labute approximate surface area is 191 Å². The van der Waals surface area contributed by atoms with Gasteiger partial charge < -0.3 is 15.0 Å². The average molecular weight is 467 g/mol. The highest BCUT2D eigenvalue weighted by atomic mass is 32.3. The van der Waals surface area contributed by atoms with Crippen molar-refractivity contribution in [1.82, 2.24) is 9.88 Å². The van der Waals surface area contributed by atoms with Crippen LogP contribution in [-0.4, -0.2) is 42.2 Å². The van der Waals surface area contributed by atoms with Crippen LogP contribution in [0, 0.1) is 5.82 Å². The topological polar surface area (TPSA) is 94.7 Å². The van der Waals surface area contributed by atoms with Crippen LogP contribution in [0.5, 0.6) is 5.75 Å². The standard InChI is InChI=1S/C25H23FN2O4S/c26-18-5-7-20(8-6-18)28-14-23(16-2-1-3-21(29)12-16)22-9-4-17(13-24(22)28)25(30)27-19-10-11-33(31,32)15-19/h1-9,12-14,19,29,31-32H,10-11,15H2,(H,27,30). The molecule has 0 radical (unpaired) electrons. The fourth-order valence-electron chi connectivity index (χ4n) is 4.29. The maximum absolute atomic E-state index is 13.5. The molecule has 170 valence electrons. The van der Waals surface area contributed by atoms with Crippen LogP contribution in [0.1, 0.15) is 16.8 Å². The average Bonchev–Trinajstić information content (AvgIpc) is 3.33. The first kappa shape index (κ1) is 21.5. The van der Waals surface area contributed by atoms with Crippen molar-refractivity contribution in [1.29, 1.82) is 0 Å². The molecule has 8 heteroatoms. The maximum atomic E-state index is 13.5. The number of carbonyl (C=O) groups excluding carboxylic acids is 1. The number of benzene rings is 3. The van der Waals surface area contributed by atoms with Crippen molar-refractivity contribution in [3.63, 3.8) is 0 Å². The van der Waals surface area contributed by atoms with E-state index in [-0.39, 0.29) is 29.3 Å². The highest BCUT2D eigenvalue weighted by Gasteiger charge is 2.29. The molecular weight excluding hydrogens is 443 g/mol. The van der Waals surface area contributed by atoms with Gasteiger partial charge in [0.15, 0.2) is 0 Å². The Morgan fingerprint density at radius 1 is 1.06 bits per heavy atom. The summed E-state index contributed by atoms with van der Waals surface area (Å²) in [6, 6.07) is 18.1. The van der Waals surface area contributed by atoms with Crippen LogP contribution in [0.3, 0.4) is 0 Å². The highest BCUT2D eigenvalue weighted by molar-refractivity contribution is 8.24. The number of rotatable bonds is 4. The summed E-state index contributed by atoms with van der Waals surface area (Å²) >= 11 is 0. The first-order valence-corrected chi connectivity index (χ1v) is 12.4. The predicted molar refractivity (Wildman–Crippen MR) is 129 cm³/mol. The summed E-state index contributed by atoms with van der Waals surface area (Å²) in [7, 11) is -2.60. The number of phenols is 1. The predicted octanol–water partition coefficient (Wildman–Crippen LogP) is 5.39. The summed E-state index contributed by atoms with van der Waals surface area (Å²) in [5, 5.41) is 13.7. The molecule has 1 saturated heterocycles. The van der Waals surface area contributed by atoms with Gasteiger partial charge in [0, 0.05) is 40.2 Å². The second-order valence-corrected chi connectivity index (χ2v) is 10.6. The number of nitrogens with zero attached hydrogens (tertiary/aromatic N) is 1. The largest absolute Gasteiger partial charge is 0.508 e. The van der Waals surface area contributed by atoms with E-state index in [1.54, 1.807) is 42.5 Å². The zero-order chi connectivity index (χ0) is 23.2. The van der Waals surface area contributed by atoms with Gasteiger partial charge in [-0.15, -0.1) is 0 Å². The van der Waals surface area contributed by atoms with Gasteiger partial charge in [0.1, 0.15) is 11.6 Å². The number of carbonyl (C=O) groups is 1. The van der Waals surface area contributed by atoms with Crippen LogP contribution < -0.4 is 5.32 Å². The van der Waals surface area contributed by atoms with Crippen LogP contribution >= 0.6 is 10.6 Å². The highest BCUT2D eigenvalue weighted by Crippen LogP contribution is 2.45. The summed E-state index contributed by atoms with van der Waals surface area (Å²) in [4.78, 5) is 12.9. The molecule has 4 aromatic rings. The Hall–Kier alpha value is -3.33. The fourth-order valence-corrected chi connectivity index (χ4v) is 6.01. The lowest BCUT2D eigenvalue weighted by molar-refractivity contribution is 0.0941. The number of fused-ring (bicyclic) bond motifs is 1. The molecule has 1 unspecified atom stereocenters. The lowest BCUT2D eigenvalue weighted by atomic mass is 10.0. The van der Waals surface area contributed by atoms with Crippen molar-refractivity contribution in [2.45, 2.75) is 12.5 Å². The van der Waals surface area contributed by atoms with Gasteiger partial charge in [-0.05, 0) is 60.5 Å². The van der Waals surface area contributed by atoms with Gasteiger partial charge in [0.2, 0.25) is 0 Å². The van der Waals surface area contributed by atoms with E-state index in [0.717, 1.165) is 27.7 Å². The quantitative estimate of drug-likeness (QED) is 0.324. The molecule has 5 rings (SSSR count). The molecule has 33 heavy (non-hydrogen) atoms. The molecule has 6 nitrogen and oxygen atoms in total. The third-order valence-electron chi connectivity index (χ3n) is 5.93. The van der Waals surface area contributed by atoms with Crippen LogP contribution in [-0.2, 0) is 0 Å². The molecule has 1 amide bonds. The SMILES string of the molecule is O=C(NC1CCS(O)(O)C1)c1ccc2c(-c3cccc(O)c3)cn(-c3ccc(F)cc3)c2c1. The molecule has 0 saturated carbocycles. The summed E-state index contributed by atoms with van der Waals surface area (Å²) in [6.45, 7) is 0. The molecular formula is C25H23FN2O4S. The minimum absolute atomic E-state index is 0.147. The molecule has 0 bridgehead atoms. The van der Waals surface area contributed by atoms with E-state index in [2.05, 4.69) is 5.32 Å². The summed E-state index contributed by atoms with van der Waals surface area (Å²) in [5.74, 6) is -0.00350. The Balaban J connectivity index is 1.58. The van der Waals surface area contributed by atoms with E-state index in [4.69, 9.17) is 0 Å². The van der Waals surface area contributed by atoms with Gasteiger partial charge >= 0.3 is 0 Å². The van der Waals surface area contributed by atoms with Gasteiger partial charge in [-0.3, -0.25) is 13.9 Å². The Morgan fingerprint density at radius 3 is 2.55 bits per heavy atom. The molecule has 4 N–H and O–H groups in total. The second-order valence-electron chi connectivity index (χ2n) is 8.30. The molecule has 1 atom stereocenters. The first-order valence-electron chi connectivity index (χ1n) is 10.5. The van der Waals surface area contributed by atoms with Crippen molar-refractivity contribution in [2.24, 2.45) is 0 Å². The van der Waals surface area contributed by atoms with Gasteiger partial charge in [0.25, 0.3) is 5.91 Å². The zero-order valence-electron chi connectivity index (χ0n) is 17.6. The number of aromatic nitrogens is 1. The van der Waals surface area contributed by atoms with Crippen LogP contribution in [0.2, 0.25) is 0 Å². The molecule has 2 heterocycles. The van der Waals surface area contributed by atoms with Crippen LogP contribution in [0.25, 0.3) is 27.7 Å². The van der Waals surface area contributed by atoms with E-state index < -0.39 is 10.6 Å². The van der Waals surface area contributed by atoms with Crippen molar-refractivity contribution in [3.05, 3.63) is 84.3 Å². The van der Waals surface area contributed by atoms with Crippen molar-refractivity contribution in [2.75, 3.05) is 11.5 Å². The smallest absolute Gasteiger partial charge is 0.251 e. The monoisotopic (exact) mass is 466 g/mol. The molecule has 0 aliphatic carbocycles. The minimum atomic E-state index is -2.60. The van der Waals surface area contributed by atoms with Crippen LogP contribution in [0.4, 0.5) is 4.39 Å². The Bertz CT molecular complexity index is 1350. The molecule has 1 aliphatic heterocycles. The van der Waals surface area contributed by atoms with E-state index >= 15 is 0 Å². The Kier molecular flexibility index (Phi) is 5.36. The number of hydrogen-bond donors (Lipinski definition) is 4. The number of phenolic OH excluding ortho intramolecular Hbond substituents is 1. The second kappa shape index (κ2) is 8.22. The number of aromatic hydroxyl groups is 1.